The van der Waals surface area contributed by atoms with E-state index in [1.54, 1.807) is 25.1 Å². The molecule has 0 N–H and O–H groups in total. The van der Waals surface area contributed by atoms with Crippen molar-refractivity contribution >= 4 is 32.9 Å². The molecule has 2 rings (SSSR count). The van der Waals surface area contributed by atoms with Gasteiger partial charge < -0.3 is 14.2 Å². The molecule has 0 amide bonds. The number of hydrogen-bond donors (Lipinski definition) is 0. The Morgan fingerprint density at radius 2 is 1.86 bits per heavy atom. The van der Waals surface area contributed by atoms with Gasteiger partial charge in [-0.15, -0.1) is 10.2 Å². The van der Waals surface area contributed by atoms with Gasteiger partial charge in [-0.2, -0.15) is 13.1 Å². The number of halogens is 3. The molecule has 0 saturated carbocycles. The van der Waals surface area contributed by atoms with Gasteiger partial charge in [0.1, 0.15) is 22.9 Å². The van der Waals surface area contributed by atoms with Gasteiger partial charge in [-0.3, -0.25) is 0 Å². The van der Waals surface area contributed by atoms with Crippen molar-refractivity contribution in [2.45, 2.75) is 25.5 Å². The highest BCUT2D eigenvalue weighted by Crippen LogP contribution is 2.41. The van der Waals surface area contributed by atoms with E-state index in [1.807, 2.05) is 13.8 Å². The van der Waals surface area contributed by atoms with Crippen LogP contribution in [0.3, 0.4) is 0 Å². The van der Waals surface area contributed by atoms with E-state index in [0.717, 1.165) is 0 Å². The van der Waals surface area contributed by atoms with Crippen LogP contribution in [0.4, 0.5) is 36.2 Å². The number of aromatic nitrogens is 1. The number of anilines is 1. The summed E-state index contributed by atoms with van der Waals surface area (Å²) in [5.74, 6) is -2.64. The molecule has 1 aromatic heterocycles. The topological polar surface area (TPSA) is 102 Å². The molecule has 1 atom stereocenters. The van der Waals surface area contributed by atoms with Crippen molar-refractivity contribution in [3.63, 3.8) is 0 Å². The molecule has 160 valence electrons. The van der Waals surface area contributed by atoms with E-state index in [9.17, 15) is 17.5 Å². The van der Waals surface area contributed by atoms with E-state index in [-0.39, 0.29) is 23.1 Å². The van der Waals surface area contributed by atoms with Crippen LogP contribution in [0.1, 0.15) is 25.5 Å². The number of rotatable bonds is 8. The maximum Gasteiger partial charge on any atom is 0.345 e. The largest absolute Gasteiger partial charge is 0.494 e. The number of ether oxygens (including phenoxy) is 1. The second kappa shape index (κ2) is 9.22. The molecule has 0 aliphatic carbocycles. The van der Waals surface area contributed by atoms with Crippen molar-refractivity contribution in [3.8, 4) is 5.75 Å². The first-order valence-corrected chi connectivity index (χ1v) is 9.73. The zero-order valence-electron chi connectivity index (χ0n) is 16.3. The summed E-state index contributed by atoms with van der Waals surface area (Å²) in [5.41, 5.74) is -0.0654. The van der Waals surface area contributed by atoms with Gasteiger partial charge in [0.2, 0.25) is 5.82 Å². The smallest absolute Gasteiger partial charge is 0.345 e. The summed E-state index contributed by atoms with van der Waals surface area (Å²) < 4.78 is 67.1. The fraction of sp³-hybridized carbons (Fsp3) is 0.438. The lowest BCUT2D eigenvalue weighted by Gasteiger charge is -2.18. The highest BCUT2D eigenvalue weighted by Gasteiger charge is 2.26. The molecule has 0 spiro atoms. The van der Waals surface area contributed by atoms with E-state index < -0.39 is 15.8 Å². The average molecular weight is 435 g/mol. The first-order valence-electron chi connectivity index (χ1n) is 8.23. The van der Waals surface area contributed by atoms with Gasteiger partial charge in [-0.25, -0.2) is 4.21 Å². The Kier molecular flexibility index (Phi) is 7.19. The van der Waals surface area contributed by atoms with E-state index in [4.69, 9.17) is 9.26 Å². The van der Waals surface area contributed by atoms with Crippen LogP contribution in [0, 0.1) is 0 Å². The van der Waals surface area contributed by atoms with Gasteiger partial charge in [0, 0.05) is 32.1 Å². The van der Waals surface area contributed by atoms with Crippen molar-refractivity contribution in [2.24, 2.45) is 14.6 Å². The molecule has 1 aromatic carbocycles. The Hall–Kier alpha value is -2.67. The molecule has 1 unspecified atom stereocenters. The summed E-state index contributed by atoms with van der Waals surface area (Å²) in [7, 11) is -0.244. The van der Waals surface area contributed by atoms with Crippen LogP contribution < -0.4 is 9.64 Å². The first-order chi connectivity index (χ1) is 13.6. The minimum Gasteiger partial charge on any atom is -0.494 e. The summed E-state index contributed by atoms with van der Waals surface area (Å²) in [6.45, 7) is 3.78. The SMILES string of the molecule is COc1cc(N=Nc2cc(C(C)C)on2)c(N=S(=O)(OF)C(F)F)cc1N(C)C. The van der Waals surface area contributed by atoms with E-state index >= 15 is 0 Å². The summed E-state index contributed by atoms with van der Waals surface area (Å²) in [5, 5.41) is 11.5. The number of benzene rings is 1. The van der Waals surface area contributed by atoms with E-state index in [2.05, 4.69) is 24.1 Å². The molecule has 29 heavy (non-hydrogen) atoms. The molecule has 13 heteroatoms. The van der Waals surface area contributed by atoms with Crippen molar-refractivity contribution < 1.29 is 31.2 Å². The molecule has 0 aliphatic heterocycles. The number of azo groups is 1. The van der Waals surface area contributed by atoms with Gasteiger partial charge in [-0.1, -0.05) is 23.4 Å². The van der Waals surface area contributed by atoms with Crippen LogP contribution in [-0.4, -0.2) is 36.3 Å². The lowest BCUT2D eigenvalue weighted by molar-refractivity contribution is -0.000950. The van der Waals surface area contributed by atoms with Crippen LogP contribution in [0.5, 0.6) is 5.75 Å². The Labute approximate surface area is 165 Å². The maximum atomic E-state index is 13.0. The maximum absolute atomic E-state index is 13.0. The van der Waals surface area contributed by atoms with Crippen molar-refractivity contribution in [1.82, 2.24) is 5.16 Å². The fourth-order valence-electron chi connectivity index (χ4n) is 2.14. The van der Waals surface area contributed by atoms with E-state index in [1.165, 1.54) is 19.2 Å². The Bertz CT molecular complexity index is 1000. The predicted octanol–water partition coefficient (Wildman–Crippen LogP) is 5.43. The van der Waals surface area contributed by atoms with Crippen molar-refractivity contribution in [2.75, 3.05) is 26.1 Å². The van der Waals surface area contributed by atoms with Gasteiger partial charge in [0.05, 0.1) is 12.8 Å². The van der Waals surface area contributed by atoms with Gasteiger partial charge in [-0.05, 0) is 10.6 Å². The standard InChI is InChI=1S/C16H20F3N5O4S/c1-9(2)13-8-15(22-27-13)21-20-10-7-14(26-5)12(24(3)4)6-11(10)23-29(25,28-19)16(17)18/h6-9,16H,1-5H3. The third-order valence-electron chi connectivity index (χ3n) is 3.64. The first kappa shape index (κ1) is 22.6. The van der Waals surface area contributed by atoms with Crippen LogP contribution in [0.25, 0.3) is 0 Å². The van der Waals surface area contributed by atoms with Gasteiger partial charge >= 0.3 is 5.76 Å². The van der Waals surface area contributed by atoms with Gasteiger partial charge in [0.25, 0.3) is 10.0 Å². The predicted molar refractivity (Wildman–Crippen MR) is 101 cm³/mol. The highest BCUT2D eigenvalue weighted by molar-refractivity contribution is 7.89. The number of nitrogens with zero attached hydrogens (tertiary/aromatic N) is 5. The summed E-state index contributed by atoms with van der Waals surface area (Å²) in [4.78, 5) is 1.59. The van der Waals surface area contributed by atoms with E-state index in [0.29, 0.717) is 17.2 Å². The van der Waals surface area contributed by atoms with Gasteiger partial charge in [0.15, 0.2) is 0 Å². The fourth-order valence-corrected chi connectivity index (χ4v) is 2.72. The van der Waals surface area contributed by atoms with Crippen molar-refractivity contribution in [1.29, 1.82) is 0 Å². The molecule has 0 aliphatic rings. The molecule has 0 fully saturated rings. The second-order valence-electron chi connectivity index (χ2n) is 6.28. The monoisotopic (exact) mass is 435 g/mol. The zero-order chi connectivity index (χ0) is 21.8. The quantitative estimate of drug-likeness (QED) is 0.513. The van der Waals surface area contributed by atoms with Crippen LogP contribution in [0.15, 0.2) is 37.3 Å². The summed E-state index contributed by atoms with van der Waals surface area (Å²) in [6, 6.07) is 4.12. The molecule has 1 heterocycles. The average Bonchev–Trinajstić information content (AvgIpc) is 3.15. The summed E-state index contributed by atoms with van der Waals surface area (Å²) >= 11 is 0. The second-order valence-corrected chi connectivity index (χ2v) is 7.97. The van der Waals surface area contributed by atoms with Crippen LogP contribution in [0.2, 0.25) is 0 Å². The zero-order valence-corrected chi connectivity index (χ0v) is 17.1. The Morgan fingerprint density at radius 1 is 1.17 bits per heavy atom. The van der Waals surface area contributed by atoms with Crippen LogP contribution >= 0.6 is 0 Å². The normalized spacial score (nSPS) is 13.9. The Balaban J connectivity index is 2.63. The molecule has 2 aromatic rings. The number of alkyl halides is 2. The molecule has 9 nitrogen and oxygen atoms in total. The number of hydrogen-bond acceptors (Lipinski definition) is 9. The molecule has 0 radical (unpaired) electrons. The lowest BCUT2D eigenvalue weighted by Crippen LogP contribution is -2.11. The third kappa shape index (κ3) is 5.23. The molecule has 0 saturated heterocycles. The molecular formula is C16H20F3N5O4S. The third-order valence-corrected chi connectivity index (χ3v) is 4.73. The minimum atomic E-state index is -4.94. The molecular weight excluding hydrogens is 415 g/mol. The number of methoxy groups -OCH3 is 1. The highest BCUT2D eigenvalue weighted by atomic mass is 32.2. The van der Waals surface area contributed by atoms with Crippen molar-refractivity contribution in [3.05, 3.63) is 24.0 Å². The summed E-state index contributed by atoms with van der Waals surface area (Å²) in [6.07, 6.45) is 0. The lowest BCUT2D eigenvalue weighted by atomic mass is 10.2. The minimum absolute atomic E-state index is 0.0638. The van der Waals surface area contributed by atoms with Crippen LogP contribution in [-0.2, 0) is 14.4 Å². The Morgan fingerprint density at radius 3 is 2.34 bits per heavy atom. The molecule has 0 bridgehead atoms.